The molecule has 6 nitrogen and oxygen atoms in total. The molecule has 0 unspecified atom stereocenters. The number of cyclic esters (lactones) is 2. The van der Waals surface area contributed by atoms with E-state index in [1.165, 1.54) is 14.2 Å². The van der Waals surface area contributed by atoms with Crippen LogP contribution < -0.4 is 9.47 Å². The molecule has 0 aromatic heterocycles. The summed E-state index contributed by atoms with van der Waals surface area (Å²) in [5.41, 5.74) is 1.73. The number of carbonyl (C=O) groups excluding carboxylic acids is 3. The van der Waals surface area contributed by atoms with E-state index in [1.807, 2.05) is 0 Å². The second-order valence-electron chi connectivity index (χ2n) is 5.10. The van der Waals surface area contributed by atoms with Crippen molar-refractivity contribution in [1.82, 2.24) is 0 Å². The number of ether oxygens (including phenoxy) is 3. The van der Waals surface area contributed by atoms with Crippen LogP contribution in [0.4, 0.5) is 0 Å². The largest absolute Gasteiger partial charge is 0.493 e. The van der Waals surface area contributed by atoms with E-state index in [-0.39, 0.29) is 17.8 Å². The summed E-state index contributed by atoms with van der Waals surface area (Å²) in [6.07, 6.45) is 0.667. The number of hydrogen-bond donors (Lipinski definition) is 0. The van der Waals surface area contributed by atoms with Gasteiger partial charge in [0.1, 0.15) is 0 Å². The summed E-state index contributed by atoms with van der Waals surface area (Å²) < 4.78 is 15.1. The minimum absolute atomic E-state index is 0.137. The Hall–Kier alpha value is -2.63. The van der Waals surface area contributed by atoms with Crippen molar-refractivity contribution in [2.24, 2.45) is 0 Å². The highest BCUT2D eigenvalue weighted by Gasteiger charge is 2.35. The third-order valence-electron chi connectivity index (χ3n) is 3.93. The SMILES string of the molecule is COc1cc2c(cc1OC)C(=O)CC1=C(CC2)C(=O)OC1=O. The van der Waals surface area contributed by atoms with Crippen molar-refractivity contribution in [2.45, 2.75) is 19.3 Å². The normalized spacial score (nSPS) is 17.5. The van der Waals surface area contributed by atoms with Crippen molar-refractivity contribution in [2.75, 3.05) is 14.2 Å². The van der Waals surface area contributed by atoms with Crippen molar-refractivity contribution in [3.05, 3.63) is 34.4 Å². The van der Waals surface area contributed by atoms with Crippen LogP contribution in [0.15, 0.2) is 23.3 Å². The molecule has 0 radical (unpaired) electrons. The fourth-order valence-electron chi connectivity index (χ4n) is 2.79. The quantitative estimate of drug-likeness (QED) is 0.610. The van der Waals surface area contributed by atoms with Crippen LogP contribution in [-0.4, -0.2) is 31.9 Å². The van der Waals surface area contributed by atoms with Gasteiger partial charge in [0.15, 0.2) is 17.3 Å². The van der Waals surface area contributed by atoms with Crippen LogP contribution in [-0.2, 0) is 20.7 Å². The summed E-state index contributed by atoms with van der Waals surface area (Å²) in [6.45, 7) is 0. The Balaban J connectivity index is 2.07. The lowest BCUT2D eigenvalue weighted by molar-refractivity contribution is -0.151. The monoisotopic (exact) mass is 302 g/mol. The van der Waals surface area contributed by atoms with Crippen molar-refractivity contribution >= 4 is 17.7 Å². The van der Waals surface area contributed by atoms with E-state index in [4.69, 9.17) is 9.47 Å². The van der Waals surface area contributed by atoms with Crippen LogP contribution >= 0.6 is 0 Å². The van der Waals surface area contributed by atoms with Gasteiger partial charge < -0.3 is 14.2 Å². The van der Waals surface area contributed by atoms with E-state index in [9.17, 15) is 14.4 Å². The number of benzene rings is 1. The first kappa shape index (κ1) is 14.3. The predicted octanol–water partition coefficient (Wildman–Crippen LogP) is 1.60. The van der Waals surface area contributed by atoms with Crippen LogP contribution in [0.3, 0.4) is 0 Å². The maximum Gasteiger partial charge on any atom is 0.342 e. The Morgan fingerprint density at radius 3 is 2.23 bits per heavy atom. The smallest absolute Gasteiger partial charge is 0.342 e. The molecule has 3 rings (SSSR count). The highest BCUT2D eigenvalue weighted by atomic mass is 16.6. The van der Waals surface area contributed by atoms with E-state index < -0.39 is 11.9 Å². The number of ketones is 1. The molecule has 0 saturated heterocycles. The third kappa shape index (κ3) is 2.16. The number of aryl methyl sites for hydroxylation is 1. The Morgan fingerprint density at radius 1 is 0.909 bits per heavy atom. The zero-order valence-electron chi connectivity index (χ0n) is 12.2. The van der Waals surface area contributed by atoms with Gasteiger partial charge in [0.05, 0.1) is 19.8 Å². The number of esters is 2. The summed E-state index contributed by atoms with van der Waals surface area (Å²) in [4.78, 5) is 35.8. The number of fused-ring (bicyclic) bond motifs is 1. The zero-order chi connectivity index (χ0) is 15.9. The Bertz CT molecular complexity index is 728. The number of carbonyl (C=O) groups is 3. The maximum absolute atomic E-state index is 12.5. The zero-order valence-corrected chi connectivity index (χ0v) is 12.2. The first-order valence-corrected chi connectivity index (χ1v) is 6.81. The Labute approximate surface area is 126 Å². The van der Waals surface area contributed by atoms with E-state index >= 15 is 0 Å². The summed E-state index contributed by atoms with van der Waals surface area (Å²) in [6, 6.07) is 3.35. The first-order valence-electron chi connectivity index (χ1n) is 6.81. The topological polar surface area (TPSA) is 78.9 Å². The molecule has 2 aliphatic rings. The van der Waals surface area contributed by atoms with Gasteiger partial charge in [0.2, 0.25) is 0 Å². The molecule has 1 aromatic carbocycles. The summed E-state index contributed by atoms with van der Waals surface area (Å²) in [5, 5.41) is 0. The summed E-state index contributed by atoms with van der Waals surface area (Å²) in [5.74, 6) is -0.618. The van der Waals surface area contributed by atoms with Crippen molar-refractivity contribution in [1.29, 1.82) is 0 Å². The van der Waals surface area contributed by atoms with Gasteiger partial charge in [0, 0.05) is 17.6 Å². The average molecular weight is 302 g/mol. The van der Waals surface area contributed by atoms with Gasteiger partial charge in [0.25, 0.3) is 0 Å². The Kier molecular flexibility index (Phi) is 3.44. The molecule has 1 aromatic rings. The van der Waals surface area contributed by atoms with Crippen LogP contribution in [0.1, 0.15) is 28.8 Å². The van der Waals surface area contributed by atoms with E-state index in [0.29, 0.717) is 35.5 Å². The fraction of sp³-hybridized carbons (Fsp3) is 0.312. The molecule has 22 heavy (non-hydrogen) atoms. The van der Waals surface area contributed by atoms with E-state index in [1.54, 1.807) is 12.1 Å². The lowest BCUT2D eigenvalue weighted by Crippen LogP contribution is -2.12. The van der Waals surface area contributed by atoms with Crippen LogP contribution in [0.2, 0.25) is 0 Å². The van der Waals surface area contributed by atoms with Crippen LogP contribution in [0, 0.1) is 0 Å². The minimum atomic E-state index is -0.711. The van der Waals surface area contributed by atoms with Gasteiger partial charge in [-0.15, -0.1) is 0 Å². The van der Waals surface area contributed by atoms with Crippen molar-refractivity contribution < 1.29 is 28.6 Å². The van der Waals surface area contributed by atoms with Gasteiger partial charge in [-0.1, -0.05) is 0 Å². The van der Waals surface area contributed by atoms with E-state index in [0.717, 1.165) is 5.56 Å². The van der Waals surface area contributed by atoms with Gasteiger partial charge in [-0.25, -0.2) is 9.59 Å². The summed E-state index contributed by atoms with van der Waals surface area (Å²) in [7, 11) is 3.01. The molecule has 0 saturated carbocycles. The molecule has 1 heterocycles. The van der Waals surface area contributed by atoms with Crippen molar-refractivity contribution in [3.8, 4) is 11.5 Å². The molecule has 0 bridgehead atoms. The second-order valence-corrected chi connectivity index (χ2v) is 5.10. The number of Topliss-reactive ketones (excluding diaryl/α,β-unsaturated/α-hetero) is 1. The highest BCUT2D eigenvalue weighted by Crippen LogP contribution is 2.35. The highest BCUT2D eigenvalue weighted by molar-refractivity contribution is 6.16. The van der Waals surface area contributed by atoms with Crippen LogP contribution in [0.5, 0.6) is 11.5 Å². The molecular formula is C16H14O6. The van der Waals surface area contributed by atoms with Crippen molar-refractivity contribution in [3.63, 3.8) is 0 Å². The van der Waals surface area contributed by atoms with E-state index in [2.05, 4.69) is 4.74 Å². The van der Waals surface area contributed by atoms with Gasteiger partial charge in [-0.05, 0) is 30.5 Å². The third-order valence-corrected chi connectivity index (χ3v) is 3.93. The molecule has 0 fully saturated rings. The second kappa shape index (κ2) is 5.29. The lowest BCUT2D eigenvalue weighted by atomic mass is 9.88. The first-order chi connectivity index (χ1) is 10.5. The van der Waals surface area contributed by atoms with Gasteiger partial charge >= 0.3 is 11.9 Å². The standard InChI is InChI=1S/C16H14O6/c1-20-13-5-8-3-4-9-11(16(19)22-15(9)18)6-12(17)10(8)7-14(13)21-2/h5,7H,3-4,6H2,1-2H3. The minimum Gasteiger partial charge on any atom is -0.493 e. The molecule has 1 aliphatic carbocycles. The fourth-order valence-corrected chi connectivity index (χ4v) is 2.79. The number of methoxy groups -OCH3 is 2. The van der Waals surface area contributed by atoms with Gasteiger partial charge in [-0.2, -0.15) is 0 Å². The lowest BCUT2D eigenvalue weighted by Gasteiger charge is -2.16. The molecule has 0 atom stereocenters. The van der Waals surface area contributed by atoms with Crippen LogP contribution in [0.25, 0.3) is 0 Å². The molecule has 0 spiro atoms. The Morgan fingerprint density at radius 2 is 1.55 bits per heavy atom. The van der Waals surface area contributed by atoms with Gasteiger partial charge in [-0.3, -0.25) is 4.79 Å². The number of rotatable bonds is 2. The predicted molar refractivity (Wildman–Crippen MR) is 74.9 cm³/mol. The molecule has 0 N–H and O–H groups in total. The summed E-state index contributed by atoms with van der Waals surface area (Å²) >= 11 is 0. The molecule has 114 valence electrons. The number of hydrogen-bond acceptors (Lipinski definition) is 6. The molecular weight excluding hydrogens is 288 g/mol. The molecule has 0 amide bonds. The maximum atomic E-state index is 12.5. The molecule has 1 aliphatic heterocycles. The molecule has 6 heteroatoms. The average Bonchev–Trinajstić information content (AvgIpc) is 2.76.